The normalized spacial score (nSPS) is 20.8. The monoisotopic (exact) mass is 418 g/mol. The van der Waals surface area contributed by atoms with Crippen LogP contribution in [-0.2, 0) is 19.1 Å². The highest BCUT2D eigenvalue weighted by Crippen LogP contribution is 2.29. The van der Waals surface area contributed by atoms with Gasteiger partial charge in [0.25, 0.3) is 0 Å². The predicted molar refractivity (Wildman–Crippen MR) is 107 cm³/mol. The molecule has 2 atom stereocenters. The number of rotatable bonds is 7. The molecule has 0 unspecified atom stereocenters. The van der Waals surface area contributed by atoms with Crippen molar-refractivity contribution < 1.29 is 23.9 Å². The first-order chi connectivity index (χ1) is 14.0. The highest BCUT2D eigenvalue weighted by Gasteiger charge is 2.34. The van der Waals surface area contributed by atoms with Crippen molar-refractivity contribution in [2.45, 2.75) is 32.2 Å². The minimum atomic E-state index is -0.744. The van der Waals surface area contributed by atoms with E-state index in [9.17, 15) is 14.4 Å². The Morgan fingerprint density at radius 3 is 2.62 bits per heavy atom. The van der Waals surface area contributed by atoms with E-state index in [-0.39, 0.29) is 42.8 Å². The molecule has 1 aromatic rings. The van der Waals surface area contributed by atoms with E-state index in [1.54, 1.807) is 31.2 Å². The Bertz CT molecular complexity index is 847. The van der Waals surface area contributed by atoms with Crippen LogP contribution in [0.25, 0.3) is 0 Å². The number of nitrogens with one attached hydrogen (secondary N) is 2. The first-order valence-corrected chi connectivity index (χ1v) is 9.91. The number of hydrogen-bond donors (Lipinski definition) is 2. The van der Waals surface area contributed by atoms with Gasteiger partial charge < -0.3 is 20.1 Å². The highest BCUT2D eigenvalue weighted by molar-refractivity contribution is 6.30. The number of hydrogen-bond acceptors (Lipinski definition) is 5. The van der Waals surface area contributed by atoms with Crippen LogP contribution in [0.15, 0.2) is 47.7 Å². The van der Waals surface area contributed by atoms with Crippen LogP contribution in [0.5, 0.6) is 0 Å². The molecule has 1 aliphatic heterocycles. The second kappa shape index (κ2) is 9.60. The molecule has 0 aromatic heterocycles. The molecule has 154 valence electrons. The van der Waals surface area contributed by atoms with Gasteiger partial charge in [-0.15, -0.1) is 0 Å². The molecule has 0 saturated carbocycles. The van der Waals surface area contributed by atoms with Crippen molar-refractivity contribution in [2.24, 2.45) is 5.92 Å². The molecule has 0 radical (unpaired) electrons. The van der Waals surface area contributed by atoms with Crippen molar-refractivity contribution in [1.29, 1.82) is 0 Å². The lowest BCUT2D eigenvalue weighted by Gasteiger charge is -2.29. The summed E-state index contributed by atoms with van der Waals surface area (Å²) in [6.45, 7) is 1.64. The number of ether oxygens (including phenoxy) is 2. The van der Waals surface area contributed by atoms with Crippen molar-refractivity contribution >= 4 is 29.6 Å². The molecular formula is C21H23ClN2O5. The van der Waals surface area contributed by atoms with Crippen LogP contribution in [0.4, 0.5) is 4.79 Å². The zero-order valence-electron chi connectivity index (χ0n) is 16.1. The third-order valence-corrected chi connectivity index (χ3v) is 5.02. The third kappa shape index (κ3) is 5.38. The van der Waals surface area contributed by atoms with E-state index in [0.717, 1.165) is 12.8 Å². The number of allylic oxidation sites excluding steroid dienone is 2. The first-order valence-electron chi connectivity index (χ1n) is 9.53. The van der Waals surface area contributed by atoms with Gasteiger partial charge in [-0.2, -0.15) is 0 Å². The molecule has 2 aliphatic rings. The molecule has 1 heterocycles. The smallest absolute Gasteiger partial charge is 0.338 e. The van der Waals surface area contributed by atoms with Crippen LogP contribution >= 0.6 is 11.6 Å². The summed E-state index contributed by atoms with van der Waals surface area (Å²) in [4.78, 5) is 37.0. The maximum Gasteiger partial charge on any atom is 0.338 e. The Kier molecular flexibility index (Phi) is 6.93. The predicted octanol–water partition coefficient (Wildman–Crippen LogP) is 3.41. The number of halogens is 1. The second-order valence-corrected chi connectivity index (χ2v) is 7.26. The lowest BCUT2D eigenvalue weighted by molar-refractivity contribution is -0.144. The maximum absolute atomic E-state index is 12.6. The van der Waals surface area contributed by atoms with Gasteiger partial charge >= 0.3 is 18.0 Å². The van der Waals surface area contributed by atoms with Crippen molar-refractivity contribution in [1.82, 2.24) is 10.6 Å². The molecule has 8 heteroatoms. The summed E-state index contributed by atoms with van der Waals surface area (Å²) in [5.41, 5.74) is 1.07. The van der Waals surface area contributed by atoms with E-state index in [4.69, 9.17) is 21.1 Å². The molecule has 1 aliphatic carbocycles. The van der Waals surface area contributed by atoms with E-state index in [0.29, 0.717) is 10.6 Å². The SMILES string of the molecule is CCOC(=O)C1=C(COC(=O)C[C@@H]2C=CCC2)NC(=O)N[C@H]1c1ccc(Cl)cc1. The van der Waals surface area contributed by atoms with E-state index in [1.807, 2.05) is 12.2 Å². The van der Waals surface area contributed by atoms with Gasteiger partial charge in [0.1, 0.15) is 6.61 Å². The van der Waals surface area contributed by atoms with E-state index in [2.05, 4.69) is 10.6 Å². The van der Waals surface area contributed by atoms with Crippen LogP contribution in [-0.4, -0.2) is 31.2 Å². The number of carbonyl (C=O) groups excluding carboxylic acids is 3. The number of amides is 2. The average Bonchev–Trinajstić information content (AvgIpc) is 3.19. The Morgan fingerprint density at radius 2 is 1.97 bits per heavy atom. The van der Waals surface area contributed by atoms with Crippen LogP contribution in [0.1, 0.15) is 37.8 Å². The summed E-state index contributed by atoms with van der Waals surface area (Å²) in [5, 5.41) is 5.83. The van der Waals surface area contributed by atoms with E-state index >= 15 is 0 Å². The van der Waals surface area contributed by atoms with Gasteiger partial charge in [-0.3, -0.25) is 4.79 Å². The Balaban J connectivity index is 1.83. The zero-order chi connectivity index (χ0) is 20.8. The van der Waals surface area contributed by atoms with Gasteiger partial charge in [-0.1, -0.05) is 35.9 Å². The van der Waals surface area contributed by atoms with E-state index in [1.165, 1.54) is 0 Å². The molecule has 0 saturated heterocycles. The van der Waals surface area contributed by atoms with Crippen molar-refractivity contribution in [3.8, 4) is 0 Å². The molecule has 7 nitrogen and oxygen atoms in total. The van der Waals surface area contributed by atoms with Gasteiger partial charge in [0, 0.05) is 5.02 Å². The highest BCUT2D eigenvalue weighted by atomic mass is 35.5. The fourth-order valence-electron chi connectivity index (χ4n) is 3.38. The van der Waals surface area contributed by atoms with Gasteiger partial charge in [0.05, 0.1) is 30.3 Å². The van der Waals surface area contributed by atoms with Gasteiger partial charge in [-0.25, -0.2) is 9.59 Å². The topological polar surface area (TPSA) is 93.7 Å². The van der Waals surface area contributed by atoms with Crippen molar-refractivity contribution in [3.05, 3.63) is 58.3 Å². The molecule has 3 rings (SSSR count). The van der Waals surface area contributed by atoms with Gasteiger partial charge in [0.2, 0.25) is 0 Å². The molecule has 0 fully saturated rings. The Morgan fingerprint density at radius 1 is 1.21 bits per heavy atom. The second-order valence-electron chi connectivity index (χ2n) is 6.83. The lowest BCUT2D eigenvalue weighted by atomic mass is 9.95. The fraction of sp³-hybridized carbons (Fsp3) is 0.381. The average molecular weight is 419 g/mol. The standard InChI is InChI=1S/C21H23ClN2O5/c1-2-28-20(26)18-16(12-29-17(25)11-13-5-3-4-6-13)23-21(27)24-19(18)14-7-9-15(22)10-8-14/h3,5,7-10,13,19H,2,4,6,11-12H2,1H3,(H2,23,24,27)/t13-,19+/m1/s1. The molecule has 0 spiro atoms. The quantitative estimate of drug-likeness (QED) is 0.522. The lowest BCUT2D eigenvalue weighted by Crippen LogP contribution is -2.47. The zero-order valence-corrected chi connectivity index (χ0v) is 16.8. The Labute approximate surface area is 174 Å². The van der Waals surface area contributed by atoms with E-state index < -0.39 is 18.0 Å². The maximum atomic E-state index is 12.6. The number of esters is 2. The van der Waals surface area contributed by atoms with Crippen molar-refractivity contribution in [2.75, 3.05) is 13.2 Å². The summed E-state index contributed by atoms with van der Waals surface area (Å²) < 4.78 is 10.5. The van der Waals surface area contributed by atoms with Crippen LogP contribution in [0.3, 0.4) is 0 Å². The molecule has 0 bridgehead atoms. The number of urea groups is 1. The molecular weight excluding hydrogens is 396 g/mol. The minimum absolute atomic E-state index is 0.171. The van der Waals surface area contributed by atoms with Crippen LogP contribution < -0.4 is 10.6 Å². The first kappa shape index (κ1) is 20.9. The molecule has 2 amide bonds. The Hall–Kier alpha value is -2.80. The molecule has 2 N–H and O–H groups in total. The summed E-state index contributed by atoms with van der Waals surface area (Å²) >= 11 is 5.95. The molecule has 1 aromatic carbocycles. The number of benzene rings is 1. The molecule has 29 heavy (non-hydrogen) atoms. The van der Waals surface area contributed by atoms with Crippen LogP contribution in [0.2, 0.25) is 5.02 Å². The third-order valence-electron chi connectivity index (χ3n) is 4.77. The van der Waals surface area contributed by atoms with Crippen LogP contribution in [0, 0.1) is 5.92 Å². The fourth-order valence-corrected chi connectivity index (χ4v) is 3.50. The summed E-state index contributed by atoms with van der Waals surface area (Å²) in [5.74, 6) is -0.803. The van der Waals surface area contributed by atoms with Gasteiger partial charge in [0.15, 0.2) is 0 Å². The van der Waals surface area contributed by atoms with Gasteiger partial charge in [-0.05, 0) is 43.4 Å². The summed E-state index contributed by atoms with van der Waals surface area (Å²) in [6.07, 6.45) is 6.20. The van der Waals surface area contributed by atoms with Crippen molar-refractivity contribution in [3.63, 3.8) is 0 Å². The number of carbonyl (C=O) groups is 3. The summed E-state index contributed by atoms with van der Waals surface area (Å²) in [6, 6.07) is 5.53. The minimum Gasteiger partial charge on any atom is -0.463 e. The largest absolute Gasteiger partial charge is 0.463 e. The summed E-state index contributed by atoms with van der Waals surface area (Å²) in [7, 11) is 0.